The minimum Gasteiger partial charge on any atom is -0.305 e. The van der Waals surface area contributed by atoms with Gasteiger partial charge in [0.05, 0.1) is 11.4 Å². The lowest BCUT2D eigenvalue weighted by molar-refractivity contribution is 0.102. The van der Waals surface area contributed by atoms with Crippen molar-refractivity contribution in [1.82, 2.24) is 14.8 Å². The molecule has 2 heterocycles. The van der Waals surface area contributed by atoms with Crippen molar-refractivity contribution in [2.75, 3.05) is 5.32 Å². The van der Waals surface area contributed by atoms with Gasteiger partial charge in [0.1, 0.15) is 11.5 Å². The molecule has 0 saturated heterocycles. The van der Waals surface area contributed by atoms with Gasteiger partial charge in [0.2, 0.25) is 0 Å². The van der Waals surface area contributed by atoms with E-state index in [0.29, 0.717) is 11.5 Å². The van der Waals surface area contributed by atoms with E-state index in [9.17, 15) is 4.79 Å². The highest BCUT2D eigenvalue weighted by molar-refractivity contribution is 6.02. The highest BCUT2D eigenvalue weighted by Gasteiger charge is 2.14. The van der Waals surface area contributed by atoms with Crippen LogP contribution in [-0.4, -0.2) is 20.7 Å². The Labute approximate surface area is 141 Å². The third-order valence-corrected chi connectivity index (χ3v) is 3.65. The van der Waals surface area contributed by atoms with E-state index >= 15 is 0 Å². The van der Waals surface area contributed by atoms with E-state index in [-0.39, 0.29) is 5.91 Å². The SMILES string of the molecule is Cc1cc(C)cc(-n2nc(C)cc2NC(=O)c2cccc(C)n2)c1. The maximum atomic E-state index is 12.5. The van der Waals surface area contributed by atoms with Crippen LogP contribution in [0.25, 0.3) is 5.69 Å². The Balaban J connectivity index is 1.96. The molecule has 0 aliphatic rings. The second-order valence-electron chi connectivity index (χ2n) is 6.05. The van der Waals surface area contributed by atoms with Gasteiger partial charge in [0.15, 0.2) is 0 Å². The Morgan fingerprint density at radius 1 is 0.958 bits per heavy atom. The Kier molecular flexibility index (Phi) is 4.16. The zero-order valence-electron chi connectivity index (χ0n) is 14.3. The first kappa shape index (κ1) is 15.9. The lowest BCUT2D eigenvalue weighted by Crippen LogP contribution is -2.16. The average Bonchev–Trinajstić information content (AvgIpc) is 2.87. The summed E-state index contributed by atoms with van der Waals surface area (Å²) in [5.41, 5.74) is 5.25. The van der Waals surface area contributed by atoms with E-state index in [2.05, 4.69) is 21.5 Å². The lowest BCUT2D eigenvalue weighted by Gasteiger charge is -2.10. The summed E-state index contributed by atoms with van der Waals surface area (Å²) < 4.78 is 1.75. The van der Waals surface area contributed by atoms with Gasteiger partial charge in [-0.25, -0.2) is 9.67 Å². The summed E-state index contributed by atoms with van der Waals surface area (Å²) in [5, 5.41) is 7.42. The third kappa shape index (κ3) is 3.35. The van der Waals surface area contributed by atoms with E-state index in [4.69, 9.17) is 0 Å². The number of carbonyl (C=O) groups excluding carboxylic acids is 1. The number of nitrogens with one attached hydrogen (secondary N) is 1. The summed E-state index contributed by atoms with van der Waals surface area (Å²) in [6.07, 6.45) is 0. The minimum atomic E-state index is -0.246. The number of pyridine rings is 1. The largest absolute Gasteiger partial charge is 0.305 e. The van der Waals surface area contributed by atoms with Crippen LogP contribution in [0.5, 0.6) is 0 Å². The quantitative estimate of drug-likeness (QED) is 0.799. The highest BCUT2D eigenvalue weighted by Crippen LogP contribution is 2.20. The van der Waals surface area contributed by atoms with Crippen LogP contribution in [0.3, 0.4) is 0 Å². The molecule has 0 fully saturated rings. The molecule has 122 valence electrons. The fraction of sp³-hybridized carbons (Fsp3) is 0.211. The Hall–Kier alpha value is -2.95. The predicted octanol–water partition coefficient (Wildman–Crippen LogP) is 3.75. The molecule has 0 saturated carbocycles. The van der Waals surface area contributed by atoms with Gasteiger partial charge in [-0.1, -0.05) is 12.1 Å². The number of carbonyl (C=O) groups is 1. The molecule has 24 heavy (non-hydrogen) atoms. The number of benzene rings is 1. The molecular weight excluding hydrogens is 300 g/mol. The predicted molar refractivity (Wildman–Crippen MR) is 94.7 cm³/mol. The molecule has 5 heteroatoms. The van der Waals surface area contributed by atoms with Gasteiger partial charge in [-0.15, -0.1) is 0 Å². The molecule has 5 nitrogen and oxygen atoms in total. The number of nitrogens with zero attached hydrogens (tertiary/aromatic N) is 3. The number of hydrogen-bond acceptors (Lipinski definition) is 3. The zero-order chi connectivity index (χ0) is 17.3. The fourth-order valence-electron chi connectivity index (χ4n) is 2.71. The van der Waals surface area contributed by atoms with Crippen LogP contribution >= 0.6 is 0 Å². The Morgan fingerprint density at radius 2 is 1.67 bits per heavy atom. The summed E-state index contributed by atoms with van der Waals surface area (Å²) in [6, 6.07) is 13.4. The summed E-state index contributed by atoms with van der Waals surface area (Å²) in [6.45, 7) is 7.85. The fourth-order valence-corrected chi connectivity index (χ4v) is 2.71. The van der Waals surface area contributed by atoms with Crippen molar-refractivity contribution in [3.8, 4) is 5.69 Å². The van der Waals surface area contributed by atoms with Gasteiger partial charge in [-0.3, -0.25) is 4.79 Å². The highest BCUT2D eigenvalue weighted by atomic mass is 16.2. The van der Waals surface area contributed by atoms with Crippen molar-refractivity contribution in [2.24, 2.45) is 0 Å². The second-order valence-corrected chi connectivity index (χ2v) is 6.05. The standard InChI is InChI=1S/C19H20N4O/c1-12-8-13(2)10-16(9-12)23-18(11-15(4)22-23)21-19(24)17-7-5-6-14(3)20-17/h5-11H,1-4H3,(H,21,24). The smallest absolute Gasteiger partial charge is 0.275 e. The molecule has 1 amide bonds. The van der Waals surface area contributed by atoms with Crippen molar-refractivity contribution >= 4 is 11.7 Å². The van der Waals surface area contributed by atoms with Gasteiger partial charge in [0, 0.05) is 11.8 Å². The van der Waals surface area contributed by atoms with E-state index in [0.717, 1.165) is 28.2 Å². The molecule has 3 rings (SSSR count). The molecule has 3 aromatic rings. The number of rotatable bonds is 3. The summed E-state index contributed by atoms with van der Waals surface area (Å²) in [4.78, 5) is 16.7. The molecule has 0 unspecified atom stereocenters. The van der Waals surface area contributed by atoms with Crippen LogP contribution in [0.1, 0.15) is 33.0 Å². The Bertz CT molecular complexity index is 891. The van der Waals surface area contributed by atoms with Gasteiger partial charge in [-0.05, 0) is 63.1 Å². The molecule has 0 radical (unpaired) electrons. The Morgan fingerprint density at radius 3 is 2.33 bits per heavy atom. The first-order valence-electron chi connectivity index (χ1n) is 7.83. The zero-order valence-corrected chi connectivity index (χ0v) is 14.3. The van der Waals surface area contributed by atoms with Crippen LogP contribution < -0.4 is 5.32 Å². The van der Waals surface area contributed by atoms with Crippen LogP contribution in [0.2, 0.25) is 0 Å². The van der Waals surface area contributed by atoms with Crippen molar-refractivity contribution in [2.45, 2.75) is 27.7 Å². The lowest BCUT2D eigenvalue weighted by atomic mass is 10.1. The molecule has 0 bridgehead atoms. The maximum absolute atomic E-state index is 12.5. The number of amides is 1. The molecular formula is C19H20N4O. The second kappa shape index (κ2) is 6.28. The molecule has 1 aromatic carbocycles. The van der Waals surface area contributed by atoms with Crippen LogP contribution in [-0.2, 0) is 0 Å². The van der Waals surface area contributed by atoms with Gasteiger partial charge in [-0.2, -0.15) is 5.10 Å². The average molecular weight is 320 g/mol. The molecule has 1 N–H and O–H groups in total. The summed E-state index contributed by atoms with van der Waals surface area (Å²) >= 11 is 0. The van der Waals surface area contributed by atoms with Gasteiger partial charge < -0.3 is 5.32 Å². The number of hydrogen-bond donors (Lipinski definition) is 1. The van der Waals surface area contributed by atoms with Crippen molar-refractivity contribution in [3.63, 3.8) is 0 Å². The van der Waals surface area contributed by atoms with E-state index in [1.165, 1.54) is 0 Å². The minimum absolute atomic E-state index is 0.246. The van der Waals surface area contributed by atoms with Crippen LogP contribution in [0.4, 0.5) is 5.82 Å². The van der Waals surface area contributed by atoms with Crippen molar-refractivity contribution in [1.29, 1.82) is 0 Å². The monoisotopic (exact) mass is 320 g/mol. The first-order chi connectivity index (χ1) is 11.4. The number of anilines is 1. The topological polar surface area (TPSA) is 59.8 Å². The molecule has 0 spiro atoms. The van der Waals surface area contributed by atoms with E-state index in [1.54, 1.807) is 10.7 Å². The van der Waals surface area contributed by atoms with Gasteiger partial charge >= 0.3 is 0 Å². The summed E-state index contributed by atoms with van der Waals surface area (Å²) in [7, 11) is 0. The maximum Gasteiger partial charge on any atom is 0.275 e. The van der Waals surface area contributed by atoms with E-state index < -0.39 is 0 Å². The molecule has 0 aliphatic heterocycles. The summed E-state index contributed by atoms with van der Waals surface area (Å²) in [5.74, 6) is 0.384. The van der Waals surface area contributed by atoms with Crippen LogP contribution in [0, 0.1) is 27.7 Å². The first-order valence-corrected chi connectivity index (χ1v) is 7.83. The molecule has 2 aromatic heterocycles. The van der Waals surface area contributed by atoms with Gasteiger partial charge in [0.25, 0.3) is 5.91 Å². The molecule has 0 aliphatic carbocycles. The van der Waals surface area contributed by atoms with Crippen molar-refractivity contribution < 1.29 is 4.79 Å². The van der Waals surface area contributed by atoms with Crippen molar-refractivity contribution in [3.05, 3.63) is 70.7 Å². The van der Waals surface area contributed by atoms with E-state index in [1.807, 2.05) is 58.0 Å². The number of aromatic nitrogens is 3. The normalized spacial score (nSPS) is 10.7. The van der Waals surface area contributed by atoms with Crippen LogP contribution in [0.15, 0.2) is 42.5 Å². The molecule has 0 atom stereocenters. The third-order valence-electron chi connectivity index (χ3n) is 3.65. The number of aryl methyl sites for hydroxylation is 4.